The average Bonchev–Trinajstić information content (AvgIpc) is 2.49. The Labute approximate surface area is 119 Å². The van der Waals surface area contributed by atoms with Crippen molar-refractivity contribution in [1.29, 1.82) is 0 Å². The molecule has 0 spiro atoms. The van der Waals surface area contributed by atoms with Crippen LogP contribution in [0.4, 0.5) is 0 Å². The lowest BCUT2D eigenvalue weighted by Gasteiger charge is -2.17. The molecule has 0 saturated heterocycles. The quantitative estimate of drug-likeness (QED) is 0.870. The van der Waals surface area contributed by atoms with Gasteiger partial charge in [-0.2, -0.15) is 0 Å². The van der Waals surface area contributed by atoms with E-state index in [-0.39, 0.29) is 11.9 Å². The number of amides is 1. The van der Waals surface area contributed by atoms with Crippen LogP contribution in [0.3, 0.4) is 0 Å². The van der Waals surface area contributed by atoms with Crippen LogP contribution in [-0.2, 0) is 11.2 Å². The molecule has 2 aromatic rings. The molecule has 1 heterocycles. The van der Waals surface area contributed by atoms with Crippen molar-refractivity contribution in [1.82, 2.24) is 10.3 Å². The summed E-state index contributed by atoms with van der Waals surface area (Å²) in [5.74, 6) is -0.141. The Kier molecular flexibility index (Phi) is 4.85. The molecular weight excluding hydrogens is 250 g/mol. The predicted molar refractivity (Wildman–Crippen MR) is 78.9 cm³/mol. The third-order valence-corrected chi connectivity index (χ3v) is 3.20. The topological polar surface area (TPSA) is 68.0 Å². The van der Waals surface area contributed by atoms with Crippen molar-refractivity contribution in [2.75, 3.05) is 0 Å². The van der Waals surface area contributed by atoms with Crippen LogP contribution in [0.2, 0.25) is 0 Å². The van der Waals surface area contributed by atoms with E-state index in [0.29, 0.717) is 6.42 Å². The van der Waals surface area contributed by atoms with Gasteiger partial charge in [-0.15, -0.1) is 0 Å². The van der Waals surface area contributed by atoms with Crippen molar-refractivity contribution < 1.29 is 4.79 Å². The van der Waals surface area contributed by atoms with E-state index in [1.54, 1.807) is 12.4 Å². The molecule has 2 atom stereocenters. The van der Waals surface area contributed by atoms with Gasteiger partial charge in [0.05, 0.1) is 12.1 Å². The molecule has 104 valence electrons. The van der Waals surface area contributed by atoms with Gasteiger partial charge in [0.15, 0.2) is 0 Å². The molecule has 20 heavy (non-hydrogen) atoms. The Morgan fingerprint density at radius 1 is 1.20 bits per heavy atom. The zero-order valence-electron chi connectivity index (χ0n) is 11.5. The van der Waals surface area contributed by atoms with Crippen molar-refractivity contribution >= 4 is 5.91 Å². The molecule has 0 unspecified atom stereocenters. The number of carbonyl (C=O) groups excluding carboxylic acids is 1. The van der Waals surface area contributed by atoms with E-state index in [0.717, 1.165) is 11.1 Å². The van der Waals surface area contributed by atoms with Crippen LogP contribution in [0.5, 0.6) is 0 Å². The van der Waals surface area contributed by atoms with Gasteiger partial charge in [-0.3, -0.25) is 9.78 Å². The second-order valence-electron chi connectivity index (χ2n) is 4.81. The molecule has 0 radical (unpaired) electrons. The highest BCUT2D eigenvalue weighted by Gasteiger charge is 2.16. The second-order valence-corrected chi connectivity index (χ2v) is 4.81. The molecule has 0 saturated carbocycles. The molecule has 4 heteroatoms. The van der Waals surface area contributed by atoms with Crippen LogP contribution in [0.25, 0.3) is 0 Å². The summed E-state index contributed by atoms with van der Waals surface area (Å²) in [5.41, 5.74) is 8.03. The lowest BCUT2D eigenvalue weighted by molar-refractivity contribution is -0.123. The van der Waals surface area contributed by atoms with E-state index in [1.807, 2.05) is 49.4 Å². The molecule has 2 rings (SSSR count). The van der Waals surface area contributed by atoms with Gasteiger partial charge in [-0.1, -0.05) is 30.3 Å². The summed E-state index contributed by atoms with van der Waals surface area (Å²) < 4.78 is 0. The summed E-state index contributed by atoms with van der Waals surface area (Å²) in [6.07, 6.45) is 3.96. The smallest absolute Gasteiger partial charge is 0.237 e. The Hall–Kier alpha value is -2.20. The Morgan fingerprint density at radius 3 is 2.50 bits per heavy atom. The van der Waals surface area contributed by atoms with Gasteiger partial charge in [-0.05, 0) is 36.6 Å². The van der Waals surface area contributed by atoms with Crippen LogP contribution >= 0.6 is 0 Å². The molecule has 1 aromatic heterocycles. The van der Waals surface area contributed by atoms with E-state index in [2.05, 4.69) is 10.3 Å². The molecule has 0 bridgehead atoms. The molecule has 0 aliphatic carbocycles. The number of carbonyl (C=O) groups is 1. The van der Waals surface area contributed by atoms with Gasteiger partial charge >= 0.3 is 0 Å². The Bertz CT molecular complexity index is 542. The number of benzene rings is 1. The number of aromatic nitrogens is 1. The molecule has 0 aliphatic heterocycles. The molecule has 1 amide bonds. The fraction of sp³-hybridized carbons (Fsp3) is 0.250. The molecule has 0 aliphatic rings. The fourth-order valence-corrected chi connectivity index (χ4v) is 2.02. The average molecular weight is 269 g/mol. The monoisotopic (exact) mass is 269 g/mol. The minimum atomic E-state index is -0.540. The van der Waals surface area contributed by atoms with E-state index >= 15 is 0 Å². The molecule has 3 N–H and O–H groups in total. The van der Waals surface area contributed by atoms with Crippen molar-refractivity contribution in [3.05, 3.63) is 66.0 Å². The SMILES string of the molecule is C[C@@H](NC(=O)[C@H](N)Cc1ccccc1)c1ccncc1. The van der Waals surface area contributed by atoms with E-state index in [9.17, 15) is 4.79 Å². The first kappa shape index (κ1) is 14.2. The number of rotatable bonds is 5. The first-order valence-corrected chi connectivity index (χ1v) is 6.66. The van der Waals surface area contributed by atoms with Gasteiger partial charge in [0.25, 0.3) is 0 Å². The number of nitrogens with two attached hydrogens (primary N) is 1. The van der Waals surface area contributed by atoms with Crippen LogP contribution in [-0.4, -0.2) is 16.9 Å². The van der Waals surface area contributed by atoms with Crippen LogP contribution in [0, 0.1) is 0 Å². The summed E-state index contributed by atoms with van der Waals surface area (Å²) >= 11 is 0. The highest BCUT2D eigenvalue weighted by atomic mass is 16.2. The molecule has 4 nitrogen and oxygen atoms in total. The van der Waals surface area contributed by atoms with Gasteiger partial charge in [0.2, 0.25) is 5.91 Å². The Morgan fingerprint density at radius 2 is 1.85 bits per heavy atom. The zero-order chi connectivity index (χ0) is 14.4. The van der Waals surface area contributed by atoms with E-state index < -0.39 is 6.04 Å². The first-order valence-electron chi connectivity index (χ1n) is 6.66. The van der Waals surface area contributed by atoms with Crippen molar-refractivity contribution in [2.45, 2.75) is 25.4 Å². The van der Waals surface area contributed by atoms with Gasteiger partial charge < -0.3 is 11.1 Å². The minimum absolute atomic E-state index is 0.0766. The zero-order valence-corrected chi connectivity index (χ0v) is 11.5. The van der Waals surface area contributed by atoms with Crippen molar-refractivity contribution in [3.8, 4) is 0 Å². The standard InChI is InChI=1S/C16H19N3O/c1-12(14-7-9-18-10-8-14)19-16(20)15(17)11-13-5-3-2-4-6-13/h2-10,12,15H,11,17H2,1H3,(H,19,20)/t12-,15-/m1/s1. The van der Waals surface area contributed by atoms with Crippen LogP contribution in [0.1, 0.15) is 24.1 Å². The highest BCUT2D eigenvalue weighted by molar-refractivity contribution is 5.82. The predicted octanol–water partition coefficient (Wildman–Crippen LogP) is 1.83. The van der Waals surface area contributed by atoms with Gasteiger partial charge in [-0.25, -0.2) is 0 Å². The lowest BCUT2D eigenvalue weighted by atomic mass is 10.0. The largest absolute Gasteiger partial charge is 0.348 e. The summed E-state index contributed by atoms with van der Waals surface area (Å²) in [7, 11) is 0. The lowest BCUT2D eigenvalue weighted by Crippen LogP contribution is -2.42. The van der Waals surface area contributed by atoms with Gasteiger partial charge in [0.1, 0.15) is 0 Å². The molecule has 0 fully saturated rings. The summed E-state index contributed by atoms with van der Waals surface area (Å²) in [6, 6.07) is 12.9. The maximum absolute atomic E-state index is 12.1. The second kappa shape index (κ2) is 6.82. The Balaban J connectivity index is 1.91. The summed E-state index contributed by atoms with van der Waals surface area (Å²) in [6.45, 7) is 1.93. The maximum atomic E-state index is 12.1. The number of hydrogen-bond acceptors (Lipinski definition) is 3. The fourth-order valence-electron chi connectivity index (χ4n) is 2.02. The first-order chi connectivity index (χ1) is 9.66. The third kappa shape index (κ3) is 3.90. The summed E-state index contributed by atoms with van der Waals surface area (Å²) in [4.78, 5) is 16.0. The molecular formula is C16H19N3O. The van der Waals surface area contributed by atoms with Crippen LogP contribution in [0.15, 0.2) is 54.9 Å². The molecule has 1 aromatic carbocycles. The minimum Gasteiger partial charge on any atom is -0.348 e. The normalized spacial score (nSPS) is 13.5. The highest BCUT2D eigenvalue weighted by Crippen LogP contribution is 2.10. The van der Waals surface area contributed by atoms with Crippen molar-refractivity contribution in [2.24, 2.45) is 5.73 Å². The number of nitrogens with zero attached hydrogens (tertiary/aromatic N) is 1. The number of pyridine rings is 1. The third-order valence-electron chi connectivity index (χ3n) is 3.20. The summed E-state index contributed by atoms with van der Waals surface area (Å²) in [5, 5.41) is 2.92. The van der Waals surface area contributed by atoms with Crippen LogP contribution < -0.4 is 11.1 Å². The number of hydrogen-bond donors (Lipinski definition) is 2. The van der Waals surface area contributed by atoms with Gasteiger partial charge in [0, 0.05) is 12.4 Å². The number of nitrogens with one attached hydrogen (secondary N) is 1. The maximum Gasteiger partial charge on any atom is 0.237 e. The van der Waals surface area contributed by atoms with Crippen molar-refractivity contribution in [3.63, 3.8) is 0 Å². The van der Waals surface area contributed by atoms with E-state index in [4.69, 9.17) is 5.73 Å². The van der Waals surface area contributed by atoms with E-state index in [1.165, 1.54) is 0 Å².